The van der Waals surface area contributed by atoms with Crippen LogP contribution in [0, 0.1) is 13.8 Å². The standard InChI is InChI=1S/C14H18ClN3S/c1-10-7-11(2)18(16-10)12-5-6-17(8-12)9-13-3-4-14(15)19-13/h3-4,7,12H,5-6,8-9H2,1-2H3/t12-/m1/s1. The Bertz CT molecular complexity index is 575. The van der Waals surface area contributed by atoms with E-state index in [4.69, 9.17) is 11.6 Å². The van der Waals surface area contributed by atoms with Gasteiger partial charge in [-0.3, -0.25) is 9.58 Å². The first-order chi connectivity index (χ1) is 9.11. The molecule has 19 heavy (non-hydrogen) atoms. The topological polar surface area (TPSA) is 21.1 Å². The molecule has 102 valence electrons. The van der Waals surface area contributed by atoms with Gasteiger partial charge in [-0.2, -0.15) is 5.10 Å². The summed E-state index contributed by atoms with van der Waals surface area (Å²) in [6.07, 6.45) is 1.18. The van der Waals surface area contributed by atoms with Gasteiger partial charge in [0.1, 0.15) is 0 Å². The quantitative estimate of drug-likeness (QED) is 0.861. The molecule has 1 fully saturated rings. The molecule has 0 aromatic carbocycles. The fourth-order valence-corrected chi connectivity index (χ4v) is 3.96. The van der Waals surface area contributed by atoms with Gasteiger partial charge in [-0.05, 0) is 38.5 Å². The van der Waals surface area contributed by atoms with Crippen LogP contribution in [0.25, 0.3) is 0 Å². The molecule has 0 saturated carbocycles. The van der Waals surface area contributed by atoms with Gasteiger partial charge in [-0.25, -0.2) is 0 Å². The lowest BCUT2D eigenvalue weighted by atomic mass is 10.2. The number of thiophene rings is 1. The predicted molar refractivity (Wildman–Crippen MR) is 80.0 cm³/mol. The van der Waals surface area contributed by atoms with E-state index in [1.165, 1.54) is 17.0 Å². The Labute approximate surface area is 122 Å². The minimum absolute atomic E-state index is 0.518. The van der Waals surface area contributed by atoms with E-state index >= 15 is 0 Å². The molecule has 0 radical (unpaired) electrons. The van der Waals surface area contributed by atoms with Gasteiger partial charge in [-0.1, -0.05) is 11.6 Å². The third kappa shape index (κ3) is 2.86. The van der Waals surface area contributed by atoms with E-state index in [0.717, 1.165) is 29.7 Å². The molecule has 2 aromatic heterocycles. The largest absolute Gasteiger partial charge is 0.296 e. The molecular formula is C14H18ClN3S. The highest BCUT2D eigenvalue weighted by atomic mass is 35.5. The fraction of sp³-hybridized carbons (Fsp3) is 0.500. The molecule has 1 atom stereocenters. The van der Waals surface area contributed by atoms with Crippen LogP contribution in [0.1, 0.15) is 28.7 Å². The summed E-state index contributed by atoms with van der Waals surface area (Å²) in [6, 6.07) is 6.78. The molecule has 0 N–H and O–H groups in total. The van der Waals surface area contributed by atoms with Crippen LogP contribution in [0.15, 0.2) is 18.2 Å². The third-order valence-electron chi connectivity index (χ3n) is 3.65. The van der Waals surface area contributed by atoms with Crippen molar-refractivity contribution in [3.05, 3.63) is 38.8 Å². The Kier molecular flexibility index (Phi) is 3.65. The zero-order valence-corrected chi connectivity index (χ0v) is 12.8. The lowest BCUT2D eigenvalue weighted by Gasteiger charge is -2.16. The zero-order chi connectivity index (χ0) is 13.4. The van der Waals surface area contributed by atoms with Crippen LogP contribution in [0.2, 0.25) is 4.34 Å². The van der Waals surface area contributed by atoms with Gasteiger partial charge >= 0.3 is 0 Å². The van der Waals surface area contributed by atoms with Gasteiger partial charge < -0.3 is 0 Å². The van der Waals surface area contributed by atoms with Crippen molar-refractivity contribution in [1.82, 2.24) is 14.7 Å². The Hall–Kier alpha value is -0.840. The van der Waals surface area contributed by atoms with Crippen molar-refractivity contribution in [3.63, 3.8) is 0 Å². The Morgan fingerprint density at radius 3 is 2.89 bits per heavy atom. The van der Waals surface area contributed by atoms with Crippen molar-refractivity contribution in [2.45, 2.75) is 32.9 Å². The Balaban J connectivity index is 1.65. The van der Waals surface area contributed by atoms with Crippen molar-refractivity contribution in [2.24, 2.45) is 0 Å². The maximum atomic E-state index is 5.98. The number of hydrogen-bond donors (Lipinski definition) is 0. The number of likely N-dealkylation sites (tertiary alicyclic amines) is 1. The normalized spacial score (nSPS) is 20.3. The lowest BCUT2D eigenvalue weighted by Crippen LogP contribution is -2.21. The van der Waals surface area contributed by atoms with Gasteiger partial charge in [0, 0.05) is 30.2 Å². The monoisotopic (exact) mass is 295 g/mol. The van der Waals surface area contributed by atoms with E-state index in [1.54, 1.807) is 11.3 Å². The van der Waals surface area contributed by atoms with E-state index in [2.05, 4.69) is 40.7 Å². The summed E-state index contributed by atoms with van der Waals surface area (Å²) in [5.41, 5.74) is 2.38. The summed E-state index contributed by atoms with van der Waals surface area (Å²) < 4.78 is 3.07. The van der Waals surface area contributed by atoms with Gasteiger partial charge in [0.2, 0.25) is 0 Å². The summed E-state index contributed by atoms with van der Waals surface area (Å²) in [5.74, 6) is 0. The molecule has 0 bridgehead atoms. The van der Waals surface area contributed by atoms with Crippen LogP contribution in [0.3, 0.4) is 0 Å². The summed E-state index contributed by atoms with van der Waals surface area (Å²) >= 11 is 7.66. The van der Waals surface area contributed by atoms with E-state index in [-0.39, 0.29) is 0 Å². The summed E-state index contributed by atoms with van der Waals surface area (Å²) in [4.78, 5) is 3.84. The van der Waals surface area contributed by atoms with Crippen molar-refractivity contribution >= 4 is 22.9 Å². The first-order valence-corrected chi connectivity index (χ1v) is 7.80. The molecule has 2 aromatic rings. The maximum Gasteiger partial charge on any atom is 0.0931 e. The first kappa shape index (κ1) is 13.2. The zero-order valence-electron chi connectivity index (χ0n) is 11.3. The second-order valence-corrected chi connectivity index (χ2v) is 7.05. The molecule has 3 nitrogen and oxygen atoms in total. The van der Waals surface area contributed by atoms with E-state index in [9.17, 15) is 0 Å². The summed E-state index contributed by atoms with van der Waals surface area (Å²) in [5, 5.41) is 4.61. The van der Waals surface area contributed by atoms with Crippen molar-refractivity contribution in [3.8, 4) is 0 Å². The van der Waals surface area contributed by atoms with E-state index in [1.807, 2.05) is 6.07 Å². The van der Waals surface area contributed by atoms with Crippen molar-refractivity contribution < 1.29 is 0 Å². The SMILES string of the molecule is Cc1cc(C)n([C@@H]2CCN(Cc3ccc(Cl)s3)C2)n1. The average molecular weight is 296 g/mol. The first-order valence-electron chi connectivity index (χ1n) is 6.61. The number of aryl methyl sites for hydroxylation is 2. The maximum absolute atomic E-state index is 5.98. The second-order valence-electron chi connectivity index (χ2n) is 5.26. The highest BCUT2D eigenvalue weighted by molar-refractivity contribution is 7.16. The second kappa shape index (κ2) is 5.27. The van der Waals surface area contributed by atoms with Crippen LogP contribution < -0.4 is 0 Å². The van der Waals surface area contributed by atoms with Crippen molar-refractivity contribution in [2.75, 3.05) is 13.1 Å². The van der Waals surface area contributed by atoms with Crippen LogP contribution in [0.4, 0.5) is 0 Å². The van der Waals surface area contributed by atoms with Crippen LogP contribution in [-0.2, 0) is 6.54 Å². The van der Waals surface area contributed by atoms with Gasteiger partial charge in [0.25, 0.3) is 0 Å². The molecule has 0 unspecified atom stereocenters. The van der Waals surface area contributed by atoms with Crippen molar-refractivity contribution in [1.29, 1.82) is 0 Å². The molecule has 0 aliphatic carbocycles. The highest BCUT2D eigenvalue weighted by Crippen LogP contribution is 2.27. The lowest BCUT2D eigenvalue weighted by molar-refractivity contribution is 0.313. The van der Waals surface area contributed by atoms with Crippen LogP contribution >= 0.6 is 22.9 Å². The molecule has 3 rings (SSSR count). The molecule has 0 amide bonds. The van der Waals surface area contributed by atoms with E-state index in [0.29, 0.717) is 6.04 Å². The third-order valence-corrected chi connectivity index (χ3v) is 4.86. The molecule has 1 aliphatic rings. The van der Waals surface area contributed by atoms with Crippen LogP contribution in [-0.4, -0.2) is 27.8 Å². The van der Waals surface area contributed by atoms with Gasteiger partial charge in [0.15, 0.2) is 0 Å². The number of hydrogen-bond acceptors (Lipinski definition) is 3. The number of nitrogens with zero attached hydrogens (tertiary/aromatic N) is 3. The number of aromatic nitrogens is 2. The Morgan fingerprint density at radius 1 is 1.42 bits per heavy atom. The molecule has 1 aliphatic heterocycles. The minimum Gasteiger partial charge on any atom is -0.296 e. The molecule has 3 heterocycles. The van der Waals surface area contributed by atoms with Gasteiger partial charge in [-0.15, -0.1) is 11.3 Å². The molecular weight excluding hydrogens is 278 g/mol. The highest BCUT2D eigenvalue weighted by Gasteiger charge is 2.25. The molecule has 0 spiro atoms. The summed E-state index contributed by atoms with van der Waals surface area (Å²) in [6.45, 7) is 7.43. The number of halogens is 1. The predicted octanol–water partition coefficient (Wildman–Crippen LogP) is 3.66. The van der Waals surface area contributed by atoms with E-state index < -0.39 is 0 Å². The minimum atomic E-state index is 0.518. The average Bonchev–Trinajstić information content (AvgIpc) is 3.02. The fourth-order valence-electron chi connectivity index (χ4n) is 2.83. The molecule has 1 saturated heterocycles. The smallest absolute Gasteiger partial charge is 0.0931 e. The Morgan fingerprint density at radius 2 is 2.26 bits per heavy atom. The summed E-state index contributed by atoms with van der Waals surface area (Å²) in [7, 11) is 0. The number of rotatable bonds is 3. The molecule has 5 heteroatoms. The van der Waals surface area contributed by atoms with Gasteiger partial charge in [0.05, 0.1) is 16.1 Å². The van der Waals surface area contributed by atoms with Crippen LogP contribution in [0.5, 0.6) is 0 Å².